The molecule has 0 fully saturated rings. The Balaban J connectivity index is 2.89. The standard InChI is InChI=1S/C16H26S2/c1-7-15(2,3)13-8-10-14(11-9-13)16(4,5)18-12-17-6/h8-11H,7,12H2,1-6H3. The van der Waals surface area contributed by atoms with Crippen molar-refractivity contribution in [1.29, 1.82) is 0 Å². The first-order chi connectivity index (χ1) is 8.33. The summed E-state index contributed by atoms with van der Waals surface area (Å²) in [6.07, 6.45) is 3.34. The first kappa shape index (κ1) is 16.0. The van der Waals surface area contributed by atoms with E-state index in [0.29, 0.717) is 0 Å². The molecule has 0 atom stereocenters. The van der Waals surface area contributed by atoms with Crippen molar-refractivity contribution in [3.63, 3.8) is 0 Å². The highest BCUT2D eigenvalue weighted by atomic mass is 32.2. The van der Waals surface area contributed by atoms with Crippen LogP contribution in [0.3, 0.4) is 0 Å². The van der Waals surface area contributed by atoms with Gasteiger partial charge in [-0.3, -0.25) is 0 Å². The van der Waals surface area contributed by atoms with Gasteiger partial charge in [0.1, 0.15) is 0 Å². The van der Waals surface area contributed by atoms with Gasteiger partial charge in [-0.15, -0.1) is 11.8 Å². The highest BCUT2D eigenvalue weighted by Crippen LogP contribution is 2.38. The van der Waals surface area contributed by atoms with E-state index in [2.05, 4.69) is 65.1 Å². The van der Waals surface area contributed by atoms with Gasteiger partial charge in [-0.05, 0) is 43.1 Å². The molecule has 18 heavy (non-hydrogen) atoms. The van der Waals surface area contributed by atoms with Gasteiger partial charge in [-0.25, -0.2) is 0 Å². The number of hydrogen-bond acceptors (Lipinski definition) is 2. The van der Waals surface area contributed by atoms with Gasteiger partial charge >= 0.3 is 0 Å². The van der Waals surface area contributed by atoms with Crippen LogP contribution in [0.5, 0.6) is 0 Å². The molecule has 1 aromatic rings. The Morgan fingerprint density at radius 1 is 0.944 bits per heavy atom. The third-order valence-electron chi connectivity index (χ3n) is 3.78. The molecule has 0 aliphatic heterocycles. The third kappa shape index (κ3) is 3.96. The van der Waals surface area contributed by atoms with Gasteiger partial charge in [0.2, 0.25) is 0 Å². The molecule has 0 unspecified atom stereocenters. The van der Waals surface area contributed by atoms with Crippen molar-refractivity contribution in [2.24, 2.45) is 0 Å². The van der Waals surface area contributed by atoms with Crippen LogP contribution in [0.15, 0.2) is 24.3 Å². The average Bonchev–Trinajstić information content (AvgIpc) is 2.36. The molecule has 0 amide bonds. The summed E-state index contributed by atoms with van der Waals surface area (Å²) in [4.78, 5) is 0. The molecule has 0 spiro atoms. The number of hydrogen-bond donors (Lipinski definition) is 0. The van der Waals surface area contributed by atoms with Gasteiger partial charge < -0.3 is 0 Å². The first-order valence-corrected chi connectivity index (χ1v) is 8.95. The second kappa shape index (κ2) is 6.38. The minimum absolute atomic E-state index is 0.206. The van der Waals surface area contributed by atoms with Crippen molar-refractivity contribution < 1.29 is 0 Å². The van der Waals surface area contributed by atoms with Crippen molar-refractivity contribution in [2.75, 3.05) is 11.3 Å². The quantitative estimate of drug-likeness (QED) is 0.617. The topological polar surface area (TPSA) is 0 Å². The van der Waals surface area contributed by atoms with Gasteiger partial charge in [0.15, 0.2) is 0 Å². The zero-order valence-corrected chi connectivity index (χ0v) is 14.2. The molecule has 1 rings (SSSR count). The van der Waals surface area contributed by atoms with Crippen LogP contribution in [0, 0.1) is 0 Å². The monoisotopic (exact) mass is 282 g/mol. The lowest BCUT2D eigenvalue weighted by Crippen LogP contribution is -2.17. The molecular formula is C16H26S2. The average molecular weight is 283 g/mol. The summed E-state index contributed by atoms with van der Waals surface area (Å²) in [7, 11) is 0. The van der Waals surface area contributed by atoms with Gasteiger partial charge in [0, 0.05) is 9.83 Å². The maximum atomic E-state index is 2.32. The smallest absolute Gasteiger partial charge is 0.0398 e. The lowest BCUT2D eigenvalue weighted by atomic mass is 9.81. The number of rotatable bonds is 6. The van der Waals surface area contributed by atoms with Gasteiger partial charge in [-0.1, -0.05) is 45.0 Å². The molecule has 0 nitrogen and oxygen atoms in total. The van der Waals surface area contributed by atoms with E-state index < -0.39 is 0 Å². The molecule has 0 bridgehead atoms. The van der Waals surface area contributed by atoms with Crippen LogP contribution in [0.4, 0.5) is 0 Å². The van der Waals surface area contributed by atoms with E-state index in [4.69, 9.17) is 0 Å². The fourth-order valence-electron chi connectivity index (χ4n) is 1.82. The van der Waals surface area contributed by atoms with Crippen molar-refractivity contribution in [2.45, 2.75) is 51.2 Å². The molecule has 0 aliphatic rings. The minimum atomic E-state index is 0.206. The molecule has 0 saturated heterocycles. The van der Waals surface area contributed by atoms with Gasteiger partial charge in [0.25, 0.3) is 0 Å². The molecule has 0 aromatic heterocycles. The van der Waals surface area contributed by atoms with E-state index in [0.717, 1.165) is 5.08 Å². The van der Waals surface area contributed by atoms with Crippen molar-refractivity contribution >= 4 is 23.5 Å². The summed E-state index contributed by atoms with van der Waals surface area (Å²) < 4.78 is 0.206. The first-order valence-electron chi connectivity index (χ1n) is 6.57. The number of thioether (sulfide) groups is 2. The maximum absolute atomic E-state index is 2.32. The molecule has 0 saturated carbocycles. The van der Waals surface area contributed by atoms with Crippen LogP contribution >= 0.6 is 23.5 Å². The molecule has 0 radical (unpaired) electrons. The summed E-state index contributed by atoms with van der Waals surface area (Å²) in [6.45, 7) is 11.5. The Kier molecular flexibility index (Phi) is 5.67. The van der Waals surface area contributed by atoms with E-state index in [9.17, 15) is 0 Å². The van der Waals surface area contributed by atoms with Gasteiger partial charge in [-0.2, -0.15) is 11.8 Å². The van der Waals surface area contributed by atoms with Crippen molar-refractivity contribution in [3.05, 3.63) is 35.4 Å². The Morgan fingerprint density at radius 2 is 1.44 bits per heavy atom. The van der Waals surface area contributed by atoms with Crippen LogP contribution in [0.1, 0.15) is 52.2 Å². The predicted octanol–water partition coefficient (Wildman–Crippen LogP) is 5.66. The van der Waals surface area contributed by atoms with Crippen LogP contribution < -0.4 is 0 Å². The van der Waals surface area contributed by atoms with Crippen molar-refractivity contribution in [3.8, 4) is 0 Å². The lowest BCUT2D eigenvalue weighted by molar-refractivity contribution is 0.506. The Morgan fingerprint density at radius 3 is 1.89 bits per heavy atom. The molecule has 0 aliphatic carbocycles. The number of benzene rings is 1. The maximum Gasteiger partial charge on any atom is 0.0398 e. The zero-order valence-electron chi connectivity index (χ0n) is 12.5. The lowest BCUT2D eigenvalue weighted by Gasteiger charge is -2.27. The zero-order chi connectivity index (χ0) is 13.8. The molecule has 1 aromatic carbocycles. The fourth-order valence-corrected chi connectivity index (χ4v) is 3.77. The minimum Gasteiger partial charge on any atom is -0.154 e. The summed E-state index contributed by atoms with van der Waals surface area (Å²) in [5, 5.41) is 1.15. The van der Waals surface area contributed by atoms with Gasteiger partial charge in [0.05, 0.1) is 0 Å². The predicted molar refractivity (Wildman–Crippen MR) is 88.8 cm³/mol. The normalized spacial score (nSPS) is 12.8. The second-order valence-electron chi connectivity index (χ2n) is 5.88. The highest BCUT2D eigenvalue weighted by molar-refractivity contribution is 8.16. The van der Waals surface area contributed by atoms with Crippen molar-refractivity contribution in [1.82, 2.24) is 0 Å². The van der Waals surface area contributed by atoms with Crippen LogP contribution in [0.25, 0.3) is 0 Å². The third-order valence-corrected chi connectivity index (χ3v) is 6.15. The second-order valence-corrected chi connectivity index (χ2v) is 8.71. The van der Waals surface area contributed by atoms with E-state index in [-0.39, 0.29) is 10.2 Å². The van der Waals surface area contributed by atoms with Crippen LogP contribution in [-0.4, -0.2) is 11.3 Å². The molecule has 102 valence electrons. The van der Waals surface area contributed by atoms with Crippen LogP contribution in [-0.2, 0) is 10.2 Å². The summed E-state index contributed by atoms with van der Waals surface area (Å²) in [5.41, 5.74) is 3.16. The molecular weight excluding hydrogens is 256 g/mol. The van der Waals surface area contributed by atoms with E-state index >= 15 is 0 Å². The Hall–Kier alpha value is -0.0800. The van der Waals surface area contributed by atoms with E-state index in [1.807, 2.05) is 23.5 Å². The highest BCUT2D eigenvalue weighted by Gasteiger charge is 2.22. The molecule has 0 heterocycles. The Labute approximate surface area is 121 Å². The summed E-state index contributed by atoms with van der Waals surface area (Å²) in [5.74, 6) is 0. The summed E-state index contributed by atoms with van der Waals surface area (Å²) >= 11 is 3.91. The van der Waals surface area contributed by atoms with E-state index in [1.54, 1.807) is 0 Å². The SMILES string of the molecule is CCC(C)(C)c1ccc(C(C)(C)SCSC)cc1. The fraction of sp³-hybridized carbons (Fsp3) is 0.625. The largest absolute Gasteiger partial charge is 0.154 e. The van der Waals surface area contributed by atoms with E-state index in [1.165, 1.54) is 17.5 Å². The summed E-state index contributed by atoms with van der Waals surface area (Å²) in [6, 6.07) is 9.22. The Bertz CT molecular complexity index is 363. The molecule has 0 N–H and O–H groups in total. The molecule has 2 heteroatoms. The van der Waals surface area contributed by atoms with Crippen LogP contribution in [0.2, 0.25) is 0 Å².